The summed E-state index contributed by atoms with van der Waals surface area (Å²) in [6.45, 7) is 2.98. The van der Waals surface area contributed by atoms with Crippen LogP contribution in [0.4, 0.5) is 5.95 Å². The Morgan fingerprint density at radius 2 is 2.29 bits per heavy atom. The number of nitrogens with zero attached hydrogens (tertiary/aromatic N) is 3. The lowest BCUT2D eigenvalue weighted by Gasteiger charge is -2.14. The summed E-state index contributed by atoms with van der Waals surface area (Å²) in [4.78, 5) is 8.42. The third kappa shape index (κ3) is 3.11. The van der Waals surface area contributed by atoms with Crippen molar-refractivity contribution >= 4 is 17.0 Å². The number of aromatic amines is 1. The van der Waals surface area contributed by atoms with Gasteiger partial charge in [-0.2, -0.15) is 5.10 Å². The molecule has 0 spiro atoms. The van der Waals surface area contributed by atoms with Crippen molar-refractivity contribution in [2.75, 3.05) is 25.6 Å². The van der Waals surface area contributed by atoms with Crippen molar-refractivity contribution in [2.24, 2.45) is 0 Å². The minimum Gasteiger partial charge on any atom is -0.382 e. The van der Waals surface area contributed by atoms with Crippen LogP contribution < -0.4 is 5.32 Å². The van der Waals surface area contributed by atoms with Gasteiger partial charge in [0.25, 0.3) is 0 Å². The minimum atomic E-state index is -0.172. The van der Waals surface area contributed by atoms with E-state index in [4.69, 9.17) is 9.47 Å². The van der Waals surface area contributed by atoms with Crippen LogP contribution in [0.15, 0.2) is 12.4 Å². The number of fused-ring (bicyclic) bond motifs is 1. The van der Waals surface area contributed by atoms with Crippen LogP contribution in [0.1, 0.15) is 6.92 Å². The highest BCUT2D eigenvalue weighted by Crippen LogP contribution is 2.09. The predicted octanol–water partition coefficient (Wildman–Crippen LogP) is 0.774. The van der Waals surface area contributed by atoms with E-state index in [0.29, 0.717) is 19.2 Å². The Balaban J connectivity index is 1.93. The van der Waals surface area contributed by atoms with E-state index in [-0.39, 0.29) is 6.23 Å². The first-order chi connectivity index (χ1) is 8.29. The third-order valence-corrected chi connectivity index (χ3v) is 2.18. The van der Waals surface area contributed by atoms with Gasteiger partial charge in [-0.3, -0.25) is 5.10 Å². The number of rotatable bonds is 6. The molecule has 0 bridgehead atoms. The van der Waals surface area contributed by atoms with Crippen LogP contribution in [-0.4, -0.2) is 46.7 Å². The van der Waals surface area contributed by atoms with Crippen LogP contribution in [0, 0.1) is 0 Å². The van der Waals surface area contributed by atoms with E-state index in [1.807, 2.05) is 6.92 Å². The Hall–Kier alpha value is -1.73. The second kappa shape index (κ2) is 5.55. The molecule has 2 N–H and O–H groups in total. The first kappa shape index (κ1) is 11.7. The molecule has 1 unspecified atom stereocenters. The van der Waals surface area contributed by atoms with Gasteiger partial charge >= 0.3 is 0 Å². The molecule has 0 saturated carbocycles. The molecule has 92 valence electrons. The van der Waals surface area contributed by atoms with Crippen molar-refractivity contribution in [1.29, 1.82) is 0 Å². The molecule has 0 amide bonds. The fourth-order valence-corrected chi connectivity index (χ4v) is 1.34. The summed E-state index contributed by atoms with van der Waals surface area (Å²) in [5.41, 5.74) is 1.58. The highest BCUT2D eigenvalue weighted by Gasteiger charge is 2.05. The molecule has 2 aromatic rings. The molecular weight excluding hydrogens is 222 g/mol. The van der Waals surface area contributed by atoms with Gasteiger partial charge in [0.1, 0.15) is 17.3 Å². The van der Waals surface area contributed by atoms with E-state index in [0.717, 1.165) is 11.0 Å². The second-order valence-corrected chi connectivity index (χ2v) is 3.51. The quantitative estimate of drug-likeness (QED) is 0.570. The molecule has 0 aliphatic rings. The van der Waals surface area contributed by atoms with E-state index in [1.165, 1.54) is 0 Å². The summed E-state index contributed by atoms with van der Waals surface area (Å²) in [7, 11) is 1.64. The van der Waals surface area contributed by atoms with E-state index < -0.39 is 0 Å². The van der Waals surface area contributed by atoms with Gasteiger partial charge in [-0.05, 0) is 6.92 Å². The molecule has 0 aromatic carbocycles. The first-order valence-corrected chi connectivity index (χ1v) is 5.33. The molecule has 0 aliphatic heterocycles. The van der Waals surface area contributed by atoms with Crippen molar-refractivity contribution in [2.45, 2.75) is 13.2 Å². The molecular formula is C10H15N5O2. The Kier molecular flexibility index (Phi) is 3.84. The molecule has 2 rings (SSSR count). The zero-order valence-corrected chi connectivity index (χ0v) is 9.80. The van der Waals surface area contributed by atoms with Crippen LogP contribution in [0.5, 0.6) is 0 Å². The number of methoxy groups -OCH3 is 1. The first-order valence-electron chi connectivity index (χ1n) is 5.33. The van der Waals surface area contributed by atoms with Gasteiger partial charge in [0.2, 0.25) is 5.95 Å². The fraction of sp³-hybridized carbons (Fsp3) is 0.500. The molecule has 1 atom stereocenters. The van der Waals surface area contributed by atoms with Gasteiger partial charge in [0, 0.05) is 7.11 Å². The molecule has 17 heavy (non-hydrogen) atoms. The lowest BCUT2D eigenvalue weighted by atomic mass is 10.5. The molecule has 2 aromatic heterocycles. The Bertz CT molecular complexity index is 472. The highest BCUT2D eigenvalue weighted by molar-refractivity contribution is 5.73. The largest absolute Gasteiger partial charge is 0.382 e. The number of ether oxygens (including phenoxy) is 2. The molecule has 0 saturated heterocycles. The second-order valence-electron chi connectivity index (χ2n) is 3.51. The van der Waals surface area contributed by atoms with E-state index in [1.54, 1.807) is 19.5 Å². The highest BCUT2D eigenvalue weighted by atomic mass is 16.5. The average molecular weight is 237 g/mol. The summed E-state index contributed by atoms with van der Waals surface area (Å²) in [5.74, 6) is 0.517. The topological polar surface area (TPSA) is 85.0 Å². The van der Waals surface area contributed by atoms with Crippen LogP contribution in [0.3, 0.4) is 0 Å². The van der Waals surface area contributed by atoms with Crippen LogP contribution in [-0.2, 0) is 9.47 Å². The van der Waals surface area contributed by atoms with Crippen LogP contribution in [0.25, 0.3) is 11.0 Å². The van der Waals surface area contributed by atoms with Crippen molar-refractivity contribution in [3.05, 3.63) is 12.4 Å². The maximum Gasteiger partial charge on any atom is 0.225 e. The maximum atomic E-state index is 5.44. The average Bonchev–Trinajstić information content (AvgIpc) is 2.76. The van der Waals surface area contributed by atoms with Gasteiger partial charge in [-0.25, -0.2) is 9.97 Å². The third-order valence-electron chi connectivity index (χ3n) is 2.18. The number of aromatic nitrogens is 4. The summed E-state index contributed by atoms with van der Waals surface area (Å²) in [6, 6.07) is 0. The summed E-state index contributed by atoms with van der Waals surface area (Å²) < 4.78 is 10.3. The molecule has 0 aliphatic carbocycles. The summed E-state index contributed by atoms with van der Waals surface area (Å²) in [5, 5.41) is 9.71. The Labute approximate surface area is 98.6 Å². The van der Waals surface area contributed by atoms with Gasteiger partial charge < -0.3 is 14.8 Å². The van der Waals surface area contributed by atoms with Crippen molar-refractivity contribution in [3.8, 4) is 0 Å². The summed E-state index contributed by atoms with van der Waals surface area (Å²) >= 11 is 0. The number of hydrogen-bond donors (Lipinski definition) is 2. The maximum absolute atomic E-state index is 5.44. The van der Waals surface area contributed by atoms with E-state index in [9.17, 15) is 0 Å². The Morgan fingerprint density at radius 1 is 1.41 bits per heavy atom. The lowest BCUT2D eigenvalue weighted by Crippen LogP contribution is -2.22. The van der Waals surface area contributed by atoms with Crippen LogP contribution >= 0.6 is 0 Å². The number of nitrogens with one attached hydrogen (secondary N) is 2. The molecule has 7 nitrogen and oxygen atoms in total. The predicted molar refractivity (Wildman–Crippen MR) is 62.6 cm³/mol. The zero-order chi connectivity index (χ0) is 12.1. The Morgan fingerprint density at radius 3 is 3.12 bits per heavy atom. The van der Waals surface area contributed by atoms with Gasteiger partial charge in [0.05, 0.1) is 25.6 Å². The smallest absolute Gasteiger partial charge is 0.225 e. The molecule has 0 fully saturated rings. The zero-order valence-electron chi connectivity index (χ0n) is 9.80. The lowest BCUT2D eigenvalue weighted by molar-refractivity contribution is 0.0389. The molecule has 0 radical (unpaired) electrons. The van der Waals surface area contributed by atoms with E-state index >= 15 is 0 Å². The molecule has 7 heteroatoms. The van der Waals surface area contributed by atoms with E-state index in [2.05, 4.69) is 25.5 Å². The van der Waals surface area contributed by atoms with Crippen LogP contribution in [0.2, 0.25) is 0 Å². The standard InChI is InChI=1S/C10H15N5O2/c1-7(17-4-3-16-2)13-10-11-5-9-8(14-10)6-12-15-9/h5-7H,3-4H2,1-2H3,(H,12,15)(H,11,13,14). The summed E-state index contributed by atoms with van der Waals surface area (Å²) in [6.07, 6.45) is 3.16. The fourth-order valence-electron chi connectivity index (χ4n) is 1.34. The van der Waals surface area contributed by atoms with Crippen molar-refractivity contribution in [1.82, 2.24) is 20.2 Å². The monoisotopic (exact) mass is 237 g/mol. The minimum absolute atomic E-state index is 0.172. The number of H-pyrrole nitrogens is 1. The normalized spacial score (nSPS) is 12.8. The van der Waals surface area contributed by atoms with Crippen molar-refractivity contribution < 1.29 is 9.47 Å². The number of hydrogen-bond acceptors (Lipinski definition) is 6. The number of anilines is 1. The van der Waals surface area contributed by atoms with Crippen molar-refractivity contribution in [3.63, 3.8) is 0 Å². The van der Waals surface area contributed by atoms with Gasteiger partial charge in [-0.1, -0.05) is 0 Å². The van der Waals surface area contributed by atoms with Gasteiger partial charge in [0.15, 0.2) is 0 Å². The molecule has 2 heterocycles. The SMILES string of the molecule is COCCOC(C)Nc1ncc2[nH]ncc2n1. The van der Waals surface area contributed by atoms with Gasteiger partial charge in [-0.15, -0.1) is 0 Å².